The van der Waals surface area contributed by atoms with E-state index < -0.39 is 0 Å². The van der Waals surface area contributed by atoms with Gasteiger partial charge in [0.25, 0.3) is 5.91 Å². The van der Waals surface area contributed by atoms with E-state index in [0.717, 1.165) is 31.0 Å². The molecule has 1 atom stereocenters. The van der Waals surface area contributed by atoms with Crippen molar-refractivity contribution < 1.29 is 14.3 Å². The molecule has 144 valence electrons. The molecule has 0 N–H and O–H groups in total. The Kier molecular flexibility index (Phi) is 5.73. The Hall–Kier alpha value is -2.49. The average molecular weight is 367 g/mol. The van der Waals surface area contributed by atoms with Gasteiger partial charge >= 0.3 is 0 Å². The minimum absolute atomic E-state index is 0.0471. The van der Waals surface area contributed by atoms with Gasteiger partial charge in [-0.2, -0.15) is 0 Å². The van der Waals surface area contributed by atoms with Crippen molar-refractivity contribution in [2.45, 2.75) is 38.5 Å². The maximum atomic E-state index is 12.5. The summed E-state index contributed by atoms with van der Waals surface area (Å²) in [5, 5.41) is 0. The van der Waals surface area contributed by atoms with Crippen LogP contribution in [-0.2, 0) is 10.2 Å². The number of likely N-dealkylation sites (tertiary alicyclic amines) is 1. The predicted molar refractivity (Wildman–Crippen MR) is 108 cm³/mol. The third kappa shape index (κ3) is 4.82. The summed E-state index contributed by atoms with van der Waals surface area (Å²) in [7, 11) is 1.67. The van der Waals surface area contributed by atoms with Crippen molar-refractivity contribution in [2.24, 2.45) is 0 Å². The normalized spacial score (nSPS) is 17.0. The molecule has 0 bridgehead atoms. The first kappa shape index (κ1) is 19.3. The van der Waals surface area contributed by atoms with E-state index in [1.807, 2.05) is 29.2 Å². The first-order valence-corrected chi connectivity index (χ1v) is 9.52. The molecule has 1 aliphatic heterocycles. The van der Waals surface area contributed by atoms with E-state index in [9.17, 15) is 4.79 Å². The molecule has 4 heteroatoms. The predicted octanol–water partition coefficient (Wildman–Crippen LogP) is 4.39. The Bertz CT molecular complexity index is 760. The summed E-state index contributed by atoms with van der Waals surface area (Å²) in [6.45, 7) is 8.15. The number of hydrogen-bond donors (Lipinski definition) is 0. The minimum atomic E-state index is 0.0471. The second kappa shape index (κ2) is 8.03. The highest BCUT2D eigenvalue weighted by atomic mass is 16.5. The maximum absolute atomic E-state index is 12.5. The fourth-order valence-corrected chi connectivity index (χ4v) is 3.42. The Balaban J connectivity index is 1.51. The van der Waals surface area contributed by atoms with E-state index in [2.05, 4.69) is 45.0 Å². The summed E-state index contributed by atoms with van der Waals surface area (Å²) in [6.07, 6.45) is 0.984. The molecule has 0 saturated carbocycles. The van der Waals surface area contributed by atoms with E-state index in [4.69, 9.17) is 9.47 Å². The molecule has 1 fully saturated rings. The first-order chi connectivity index (χ1) is 12.9. The summed E-state index contributed by atoms with van der Waals surface area (Å²) < 4.78 is 10.9. The highest BCUT2D eigenvalue weighted by Gasteiger charge is 2.27. The molecule has 2 aromatic rings. The van der Waals surface area contributed by atoms with Gasteiger partial charge < -0.3 is 14.4 Å². The highest BCUT2D eigenvalue weighted by Crippen LogP contribution is 2.29. The van der Waals surface area contributed by atoms with Gasteiger partial charge in [-0.1, -0.05) is 45.0 Å². The number of hydrogen-bond acceptors (Lipinski definition) is 3. The molecule has 0 radical (unpaired) electrons. The standard InChI is InChI=1S/C23H29NO3/c1-23(2,3)19-7-11-21(12-8-19)27-16-22(25)24-14-13-18(15-24)17-5-9-20(26-4)10-6-17/h5-12,18H,13-16H2,1-4H3. The number of amides is 1. The van der Waals surface area contributed by atoms with E-state index in [1.54, 1.807) is 7.11 Å². The first-order valence-electron chi connectivity index (χ1n) is 9.52. The Morgan fingerprint density at radius 2 is 1.67 bits per heavy atom. The Labute approximate surface area is 162 Å². The molecule has 1 unspecified atom stereocenters. The zero-order valence-electron chi connectivity index (χ0n) is 16.7. The number of ether oxygens (including phenoxy) is 2. The third-order valence-corrected chi connectivity index (χ3v) is 5.21. The lowest BCUT2D eigenvalue weighted by Gasteiger charge is -2.20. The zero-order chi connectivity index (χ0) is 19.4. The second-order valence-electron chi connectivity index (χ2n) is 8.16. The molecule has 1 saturated heterocycles. The topological polar surface area (TPSA) is 38.8 Å². The van der Waals surface area contributed by atoms with Gasteiger partial charge in [0.1, 0.15) is 11.5 Å². The van der Waals surface area contributed by atoms with Gasteiger partial charge in [0.2, 0.25) is 0 Å². The van der Waals surface area contributed by atoms with Gasteiger partial charge in [-0.15, -0.1) is 0 Å². The van der Waals surface area contributed by atoms with Crippen LogP contribution in [0.5, 0.6) is 11.5 Å². The molecular formula is C23H29NO3. The molecule has 0 aliphatic carbocycles. The van der Waals surface area contributed by atoms with Crippen LogP contribution in [-0.4, -0.2) is 37.6 Å². The fraction of sp³-hybridized carbons (Fsp3) is 0.435. The van der Waals surface area contributed by atoms with Crippen LogP contribution in [0, 0.1) is 0 Å². The summed E-state index contributed by atoms with van der Waals surface area (Å²) in [5.74, 6) is 2.02. The number of benzene rings is 2. The smallest absolute Gasteiger partial charge is 0.260 e. The molecule has 0 aromatic heterocycles. The van der Waals surface area contributed by atoms with Crippen LogP contribution in [0.1, 0.15) is 44.2 Å². The number of rotatable bonds is 5. The van der Waals surface area contributed by atoms with E-state index in [1.165, 1.54) is 11.1 Å². The molecular weight excluding hydrogens is 338 g/mol. The molecule has 3 rings (SSSR count). The zero-order valence-corrected chi connectivity index (χ0v) is 16.7. The van der Waals surface area contributed by atoms with Crippen molar-refractivity contribution in [3.8, 4) is 11.5 Å². The van der Waals surface area contributed by atoms with Gasteiger partial charge in [-0.05, 0) is 47.2 Å². The monoisotopic (exact) mass is 367 g/mol. The van der Waals surface area contributed by atoms with Gasteiger partial charge in [0.15, 0.2) is 6.61 Å². The van der Waals surface area contributed by atoms with Crippen molar-refractivity contribution >= 4 is 5.91 Å². The van der Waals surface area contributed by atoms with Gasteiger partial charge in [-0.3, -0.25) is 4.79 Å². The van der Waals surface area contributed by atoms with E-state index in [-0.39, 0.29) is 17.9 Å². The number of carbonyl (C=O) groups excluding carboxylic acids is 1. The van der Waals surface area contributed by atoms with Gasteiger partial charge in [0.05, 0.1) is 7.11 Å². The third-order valence-electron chi connectivity index (χ3n) is 5.21. The van der Waals surface area contributed by atoms with Crippen LogP contribution in [0.25, 0.3) is 0 Å². The SMILES string of the molecule is COc1ccc(C2CCN(C(=O)COc3ccc(C(C)(C)C)cc3)C2)cc1. The van der Waals surface area contributed by atoms with Crippen molar-refractivity contribution in [1.29, 1.82) is 0 Å². The summed E-state index contributed by atoms with van der Waals surface area (Å²) in [4.78, 5) is 14.4. The number of methoxy groups -OCH3 is 1. The van der Waals surface area contributed by atoms with Crippen LogP contribution < -0.4 is 9.47 Å². The van der Waals surface area contributed by atoms with Crippen LogP contribution in [0.3, 0.4) is 0 Å². The minimum Gasteiger partial charge on any atom is -0.497 e. The van der Waals surface area contributed by atoms with Crippen LogP contribution >= 0.6 is 0 Å². The fourth-order valence-electron chi connectivity index (χ4n) is 3.42. The number of carbonyl (C=O) groups is 1. The molecule has 2 aromatic carbocycles. The van der Waals surface area contributed by atoms with Gasteiger partial charge in [-0.25, -0.2) is 0 Å². The lowest BCUT2D eigenvalue weighted by atomic mass is 9.87. The average Bonchev–Trinajstić information content (AvgIpc) is 3.16. The molecule has 0 spiro atoms. The largest absolute Gasteiger partial charge is 0.497 e. The number of nitrogens with zero attached hydrogens (tertiary/aromatic N) is 1. The van der Waals surface area contributed by atoms with Crippen LogP contribution in [0.15, 0.2) is 48.5 Å². The molecule has 4 nitrogen and oxygen atoms in total. The second-order valence-corrected chi connectivity index (χ2v) is 8.16. The Morgan fingerprint density at radius 1 is 1.04 bits per heavy atom. The van der Waals surface area contributed by atoms with E-state index >= 15 is 0 Å². The van der Waals surface area contributed by atoms with Gasteiger partial charge in [0, 0.05) is 19.0 Å². The molecule has 27 heavy (non-hydrogen) atoms. The molecule has 1 amide bonds. The summed E-state index contributed by atoms with van der Waals surface area (Å²) in [5.41, 5.74) is 2.62. The molecule has 1 aliphatic rings. The highest BCUT2D eigenvalue weighted by molar-refractivity contribution is 5.78. The van der Waals surface area contributed by atoms with Crippen molar-refractivity contribution in [3.63, 3.8) is 0 Å². The lowest BCUT2D eigenvalue weighted by Crippen LogP contribution is -2.32. The van der Waals surface area contributed by atoms with Crippen molar-refractivity contribution in [2.75, 3.05) is 26.8 Å². The van der Waals surface area contributed by atoms with E-state index in [0.29, 0.717) is 5.92 Å². The summed E-state index contributed by atoms with van der Waals surface area (Å²) in [6, 6.07) is 16.1. The summed E-state index contributed by atoms with van der Waals surface area (Å²) >= 11 is 0. The van der Waals surface area contributed by atoms with Crippen LogP contribution in [0.2, 0.25) is 0 Å². The Morgan fingerprint density at radius 3 is 2.26 bits per heavy atom. The lowest BCUT2D eigenvalue weighted by molar-refractivity contribution is -0.132. The molecule has 1 heterocycles. The van der Waals surface area contributed by atoms with Crippen molar-refractivity contribution in [3.05, 3.63) is 59.7 Å². The van der Waals surface area contributed by atoms with Crippen molar-refractivity contribution in [1.82, 2.24) is 4.90 Å². The van der Waals surface area contributed by atoms with Crippen LogP contribution in [0.4, 0.5) is 0 Å². The maximum Gasteiger partial charge on any atom is 0.260 e. The quantitative estimate of drug-likeness (QED) is 0.787.